The molecule has 1 N–H and O–H groups in total. The highest BCUT2D eigenvalue weighted by atomic mass is 79.9. The standard InChI is InChI=1S/C11H12Br2FNO/c1-11(2,3)10(16)15-9-7(13)4-6(12)5-8(9)14/h4-5H,1-3H3,(H,15,16). The summed E-state index contributed by atoms with van der Waals surface area (Å²) in [5, 5.41) is 2.56. The highest BCUT2D eigenvalue weighted by molar-refractivity contribution is 9.11. The first-order valence-corrected chi connectivity index (χ1v) is 6.26. The van der Waals surface area contributed by atoms with E-state index in [1.54, 1.807) is 26.8 Å². The molecule has 5 heteroatoms. The van der Waals surface area contributed by atoms with Crippen molar-refractivity contribution in [2.45, 2.75) is 20.8 Å². The van der Waals surface area contributed by atoms with E-state index in [9.17, 15) is 9.18 Å². The summed E-state index contributed by atoms with van der Waals surface area (Å²) in [4.78, 5) is 11.7. The van der Waals surface area contributed by atoms with Gasteiger partial charge in [-0.25, -0.2) is 4.39 Å². The summed E-state index contributed by atoms with van der Waals surface area (Å²) in [7, 11) is 0. The smallest absolute Gasteiger partial charge is 0.229 e. The number of anilines is 1. The van der Waals surface area contributed by atoms with Crippen molar-refractivity contribution in [3.63, 3.8) is 0 Å². The molecule has 1 amide bonds. The monoisotopic (exact) mass is 351 g/mol. The van der Waals surface area contributed by atoms with Gasteiger partial charge in [-0.2, -0.15) is 0 Å². The molecule has 0 aliphatic heterocycles. The van der Waals surface area contributed by atoms with Crippen LogP contribution in [-0.2, 0) is 4.79 Å². The van der Waals surface area contributed by atoms with Gasteiger partial charge < -0.3 is 5.32 Å². The summed E-state index contributed by atoms with van der Waals surface area (Å²) < 4.78 is 14.7. The number of hydrogen-bond acceptors (Lipinski definition) is 1. The summed E-state index contributed by atoms with van der Waals surface area (Å²) >= 11 is 6.38. The molecule has 0 heterocycles. The number of benzene rings is 1. The van der Waals surface area contributed by atoms with Crippen molar-refractivity contribution in [2.75, 3.05) is 5.32 Å². The van der Waals surface area contributed by atoms with Crippen LogP contribution in [-0.4, -0.2) is 5.91 Å². The van der Waals surface area contributed by atoms with E-state index in [2.05, 4.69) is 37.2 Å². The second-order valence-corrected chi connectivity index (χ2v) is 6.22. The molecule has 0 unspecified atom stereocenters. The zero-order valence-corrected chi connectivity index (χ0v) is 12.4. The Labute approximate surface area is 111 Å². The van der Waals surface area contributed by atoms with Crippen molar-refractivity contribution in [1.82, 2.24) is 0 Å². The van der Waals surface area contributed by atoms with Crippen LogP contribution in [0.1, 0.15) is 20.8 Å². The van der Waals surface area contributed by atoms with Crippen LogP contribution in [0, 0.1) is 11.2 Å². The van der Waals surface area contributed by atoms with Crippen molar-refractivity contribution in [1.29, 1.82) is 0 Å². The van der Waals surface area contributed by atoms with Gasteiger partial charge in [-0.05, 0) is 28.1 Å². The topological polar surface area (TPSA) is 29.1 Å². The maximum absolute atomic E-state index is 13.6. The lowest BCUT2D eigenvalue weighted by atomic mass is 9.95. The van der Waals surface area contributed by atoms with Gasteiger partial charge in [0.15, 0.2) is 0 Å². The summed E-state index contributed by atoms with van der Waals surface area (Å²) in [5.41, 5.74) is -0.387. The average molecular weight is 353 g/mol. The second kappa shape index (κ2) is 4.84. The van der Waals surface area contributed by atoms with Gasteiger partial charge in [0.1, 0.15) is 5.82 Å². The molecule has 1 rings (SSSR count). The van der Waals surface area contributed by atoms with E-state index in [0.29, 0.717) is 8.95 Å². The van der Waals surface area contributed by atoms with Crippen molar-refractivity contribution < 1.29 is 9.18 Å². The maximum atomic E-state index is 13.6. The number of hydrogen-bond donors (Lipinski definition) is 1. The van der Waals surface area contributed by atoms with Crippen LogP contribution in [0.5, 0.6) is 0 Å². The molecule has 0 saturated carbocycles. The van der Waals surface area contributed by atoms with Gasteiger partial charge >= 0.3 is 0 Å². The SMILES string of the molecule is CC(C)(C)C(=O)Nc1c(F)cc(Br)cc1Br. The Bertz CT molecular complexity index is 403. The number of halogens is 3. The van der Waals surface area contributed by atoms with Crippen LogP contribution < -0.4 is 5.32 Å². The third-order valence-corrected chi connectivity index (χ3v) is 3.01. The molecular formula is C11H12Br2FNO. The predicted molar refractivity (Wildman–Crippen MR) is 69.9 cm³/mol. The van der Waals surface area contributed by atoms with Gasteiger partial charge in [-0.1, -0.05) is 36.7 Å². The first-order chi connectivity index (χ1) is 7.21. The van der Waals surface area contributed by atoms with Crippen molar-refractivity contribution in [3.8, 4) is 0 Å². The molecule has 0 spiro atoms. The largest absolute Gasteiger partial charge is 0.322 e. The molecule has 2 nitrogen and oxygen atoms in total. The van der Waals surface area contributed by atoms with E-state index >= 15 is 0 Å². The Morgan fingerprint density at radius 2 is 1.88 bits per heavy atom. The minimum absolute atomic E-state index is 0.170. The number of carbonyl (C=O) groups is 1. The lowest BCUT2D eigenvalue weighted by molar-refractivity contribution is -0.123. The molecule has 0 fully saturated rings. The molecule has 0 aromatic heterocycles. The summed E-state index contributed by atoms with van der Waals surface area (Å²) in [6.45, 7) is 5.31. The lowest BCUT2D eigenvalue weighted by Gasteiger charge is -2.18. The van der Waals surface area contributed by atoms with Crippen molar-refractivity contribution in [2.24, 2.45) is 5.41 Å². The van der Waals surface area contributed by atoms with Gasteiger partial charge in [-0.3, -0.25) is 4.79 Å². The van der Waals surface area contributed by atoms with Crippen LogP contribution in [0.25, 0.3) is 0 Å². The van der Waals surface area contributed by atoms with E-state index in [1.165, 1.54) is 6.07 Å². The zero-order valence-electron chi connectivity index (χ0n) is 9.20. The quantitative estimate of drug-likeness (QED) is 0.800. The molecule has 0 atom stereocenters. The van der Waals surface area contributed by atoms with Gasteiger partial charge in [0.2, 0.25) is 5.91 Å². The predicted octanol–water partition coefficient (Wildman–Crippen LogP) is 4.34. The fourth-order valence-electron chi connectivity index (χ4n) is 0.963. The molecule has 0 bridgehead atoms. The van der Waals surface area contributed by atoms with Crippen LogP contribution in [0.15, 0.2) is 21.1 Å². The lowest BCUT2D eigenvalue weighted by Crippen LogP contribution is -2.28. The molecule has 1 aromatic rings. The Kier molecular flexibility index (Phi) is 4.12. The number of carbonyl (C=O) groups excluding carboxylic acids is 1. The van der Waals surface area contributed by atoms with E-state index in [0.717, 1.165) is 0 Å². The van der Waals surface area contributed by atoms with Gasteiger partial charge in [0, 0.05) is 14.4 Å². The number of rotatable bonds is 1. The van der Waals surface area contributed by atoms with Crippen molar-refractivity contribution >= 4 is 43.5 Å². The third kappa shape index (κ3) is 3.28. The van der Waals surface area contributed by atoms with Crippen LogP contribution in [0.3, 0.4) is 0 Å². The van der Waals surface area contributed by atoms with Crippen LogP contribution >= 0.6 is 31.9 Å². The molecule has 0 aliphatic carbocycles. The Hall–Kier alpha value is -0.420. The molecule has 88 valence electrons. The highest BCUT2D eigenvalue weighted by Crippen LogP contribution is 2.30. The molecular weight excluding hydrogens is 341 g/mol. The summed E-state index contributed by atoms with van der Waals surface area (Å²) in [5.74, 6) is -0.701. The normalized spacial score (nSPS) is 11.4. The number of amides is 1. The Balaban J connectivity index is 3.03. The first kappa shape index (κ1) is 13.6. The average Bonchev–Trinajstić information content (AvgIpc) is 2.08. The molecule has 0 saturated heterocycles. The fourth-order valence-corrected chi connectivity index (χ4v) is 2.23. The summed E-state index contributed by atoms with van der Waals surface area (Å²) in [6.07, 6.45) is 0. The number of nitrogens with one attached hydrogen (secondary N) is 1. The van der Waals surface area contributed by atoms with E-state index < -0.39 is 11.2 Å². The Morgan fingerprint density at radius 1 is 1.31 bits per heavy atom. The van der Waals surface area contributed by atoms with Gasteiger partial charge in [0.05, 0.1) is 5.69 Å². The van der Waals surface area contributed by atoms with E-state index in [-0.39, 0.29) is 11.6 Å². The highest BCUT2D eigenvalue weighted by Gasteiger charge is 2.23. The third-order valence-electron chi connectivity index (χ3n) is 1.93. The van der Waals surface area contributed by atoms with Crippen molar-refractivity contribution in [3.05, 3.63) is 26.9 Å². The first-order valence-electron chi connectivity index (χ1n) is 4.68. The van der Waals surface area contributed by atoms with E-state index in [1.807, 2.05) is 0 Å². The Morgan fingerprint density at radius 3 is 2.31 bits per heavy atom. The minimum atomic E-state index is -0.557. The zero-order chi connectivity index (χ0) is 12.5. The molecule has 0 radical (unpaired) electrons. The van der Waals surface area contributed by atoms with E-state index in [4.69, 9.17) is 0 Å². The maximum Gasteiger partial charge on any atom is 0.229 e. The molecule has 1 aromatic carbocycles. The minimum Gasteiger partial charge on any atom is -0.322 e. The van der Waals surface area contributed by atoms with Gasteiger partial charge in [-0.15, -0.1) is 0 Å². The van der Waals surface area contributed by atoms with Crippen LogP contribution in [0.2, 0.25) is 0 Å². The molecule has 0 aliphatic rings. The second-order valence-electron chi connectivity index (χ2n) is 4.45. The fraction of sp³-hybridized carbons (Fsp3) is 0.364. The van der Waals surface area contributed by atoms with Gasteiger partial charge in [0.25, 0.3) is 0 Å². The van der Waals surface area contributed by atoms with Crippen LogP contribution in [0.4, 0.5) is 10.1 Å². The summed E-state index contributed by atoms with van der Waals surface area (Å²) in [6, 6.07) is 2.99. The molecule has 16 heavy (non-hydrogen) atoms.